The van der Waals surface area contributed by atoms with Crippen molar-refractivity contribution in [1.29, 1.82) is 0 Å². The van der Waals surface area contributed by atoms with E-state index in [4.69, 9.17) is 16.7 Å². The van der Waals surface area contributed by atoms with Crippen LogP contribution >= 0.6 is 11.6 Å². The van der Waals surface area contributed by atoms with Gasteiger partial charge in [-0.15, -0.1) is 0 Å². The van der Waals surface area contributed by atoms with Crippen LogP contribution in [0.4, 0.5) is 19.0 Å². The third-order valence-electron chi connectivity index (χ3n) is 3.21. The summed E-state index contributed by atoms with van der Waals surface area (Å²) in [5.41, 5.74) is -0.949. The number of aromatic nitrogens is 1. The molecular formula is C12H12ClF3N2O2. The molecule has 1 saturated heterocycles. The quantitative estimate of drug-likeness (QED) is 0.911. The Labute approximate surface area is 118 Å². The monoisotopic (exact) mass is 308 g/mol. The van der Waals surface area contributed by atoms with Crippen LogP contribution in [-0.2, 0) is 11.0 Å². The highest BCUT2D eigenvalue weighted by Crippen LogP contribution is 2.35. The highest BCUT2D eigenvalue weighted by molar-refractivity contribution is 6.33. The minimum absolute atomic E-state index is 0.0896. The number of alkyl halides is 3. The number of carboxylic acids is 1. The number of pyridine rings is 1. The smallest absolute Gasteiger partial charge is 0.417 e. The van der Waals surface area contributed by atoms with Gasteiger partial charge in [0.05, 0.1) is 10.6 Å². The van der Waals surface area contributed by atoms with Gasteiger partial charge in [0.2, 0.25) is 0 Å². The molecule has 0 unspecified atom stereocenters. The van der Waals surface area contributed by atoms with Crippen molar-refractivity contribution in [3.8, 4) is 0 Å². The zero-order valence-electron chi connectivity index (χ0n) is 10.3. The molecule has 2 rings (SSSR count). The molecule has 0 bridgehead atoms. The maximum atomic E-state index is 12.5. The van der Waals surface area contributed by atoms with Gasteiger partial charge in [-0.2, -0.15) is 13.2 Å². The summed E-state index contributed by atoms with van der Waals surface area (Å²) in [5.74, 6) is -0.936. The maximum Gasteiger partial charge on any atom is 0.417 e. The van der Waals surface area contributed by atoms with Gasteiger partial charge in [0, 0.05) is 12.7 Å². The zero-order valence-corrected chi connectivity index (χ0v) is 11.1. The molecule has 0 aliphatic carbocycles. The van der Waals surface area contributed by atoms with Crippen molar-refractivity contribution >= 4 is 23.4 Å². The lowest BCUT2D eigenvalue weighted by atomic mass is 10.0. The summed E-state index contributed by atoms with van der Waals surface area (Å²) in [6, 6.07) is -0.0253. The Morgan fingerprint density at radius 3 is 2.70 bits per heavy atom. The van der Waals surface area contributed by atoms with Crippen molar-refractivity contribution in [3.05, 3.63) is 22.8 Å². The number of hydrogen-bond donors (Lipinski definition) is 1. The van der Waals surface area contributed by atoms with Crippen LogP contribution < -0.4 is 4.90 Å². The van der Waals surface area contributed by atoms with Gasteiger partial charge in [0.1, 0.15) is 11.9 Å². The molecule has 1 aromatic heterocycles. The largest absolute Gasteiger partial charge is 0.480 e. The third kappa shape index (κ3) is 2.98. The van der Waals surface area contributed by atoms with Crippen LogP contribution in [0.25, 0.3) is 0 Å². The van der Waals surface area contributed by atoms with Gasteiger partial charge in [-0.25, -0.2) is 9.78 Å². The maximum absolute atomic E-state index is 12.5. The first-order chi connectivity index (χ1) is 9.30. The number of carbonyl (C=O) groups is 1. The van der Waals surface area contributed by atoms with E-state index in [1.54, 1.807) is 0 Å². The summed E-state index contributed by atoms with van der Waals surface area (Å²) in [7, 11) is 0. The number of halogens is 4. The Kier molecular flexibility index (Phi) is 4.08. The first kappa shape index (κ1) is 14.9. The molecule has 0 saturated carbocycles. The average molecular weight is 309 g/mol. The molecule has 4 nitrogen and oxygen atoms in total. The van der Waals surface area contributed by atoms with Crippen LogP contribution in [-0.4, -0.2) is 28.6 Å². The van der Waals surface area contributed by atoms with Crippen molar-refractivity contribution in [2.45, 2.75) is 31.5 Å². The fourth-order valence-electron chi connectivity index (χ4n) is 2.24. The molecule has 1 aliphatic heterocycles. The summed E-state index contributed by atoms with van der Waals surface area (Å²) >= 11 is 5.84. The number of piperidine rings is 1. The molecule has 0 spiro atoms. The number of aliphatic carboxylic acids is 1. The summed E-state index contributed by atoms with van der Waals surface area (Å²) in [6.07, 6.45) is -1.92. The lowest BCUT2D eigenvalue weighted by Gasteiger charge is -2.34. The van der Waals surface area contributed by atoms with Crippen LogP contribution in [0.3, 0.4) is 0 Å². The molecule has 0 aromatic carbocycles. The predicted octanol–water partition coefficient (Wildman–Crippen LogP) is 3.20. The number of rotatable bonds is 2. The van der Waals surface area contributed by atoms with Gasteiger partial charge in [0.15, 0.2) is 0 Å². The first-order valence-corrected chi connectivity index (χ1v) is 6.40. The Bertz CT molecular complexity index is 522. The highest BCUT2D eigenvalue weighted by Gasteiger charge is 2.34. The van der Waals surface area contributed by atoms with E-state index in [2.05, 4.69) is 4.98 Å². The minimum Gasteiger partial charge on any atom is -0.480 e. The number of anilines is 1. The Balaban J connectivity index is 2.34. The van der Waals surface area contributed by atoms with Gasteiger partial charge in [-0.1, -0.05) is 11.6 Å². The normalized spacial score (nSPS) is 20.0. The van der Waals surface area contributed by atoms with Crippen LogP contribution in [0.5, 0.6) is 0 Å². The molecule has 0 amide bonds. The van der Waals surface area contributed by atoms with Gasteiger partial charge in [-0.05, 0) is 25.3 Å². The molecular weight excluding hydrogens is 297 g/mol. The molecule has 1 aromatic rings. The van der Waals surface area contributed by atoms with E-state index in [-0.39, 0.29) is 10.8 Å². The van der Waals surface area contributed by atoms with Gasteiger partial charge in [0.25, 0.3) is 0 Å². The van der Waals surface area contributed by atoms with Gasteiger partial charge >= 0.3 is 12.1 Å². The summed E-state index contributed by atoms with van der Waals surface area (Å²) in [4.78, 5) is 16.3. The lowest BCUT2D eigenvalue weighted by Crippen LogP contribution is -2.45. The third-order valence-corrected chi connectivity index (χ3v) is 3.49. The lowest BCUT2D eigenvalue weighted by molar-refractivity contribution is -0.139. The summed E-state index contributed by atoms with van der Waals surface area (Å²) < 4.78 is 37.6. The molecule has 1 aliphatic rings. The van der Waals surface area contributed by atoms with E-state index in [0.29, 0.717) is 19.2 Å². The van der Waals surface area contributed by atoms with Crippen molar-refractivity contribution in [3.63, 3.8) is 0 Å². The molecule has 2 heterocycles. The van der Waals surface area contributed by atoms with Gasteiger partial charge < -0.3 is 10.0 Å². The molecule has 110 valence electrons. The van der Waals surface area contributed by atoms with Crippen molar-refractivity contribution in [2.75, 3.05) is 11.4 Å². The number of carboxylic acid groups (broad SMARTS) is 1. The van der Waals surface area contributed by atoms with Crippen LogP contribution in [0.15, 0.2) is 12.3 Å². The zero-order chi connectivity index (χ0) is 14.9. The second-order valence-electron chi connectivity index (χ2n) is 4.57. The van der Waals surface area contributed by atoms with E-state index < -0.39 is 23.8 Å². The molecule has 0 radical (unpaired) electrons. The molecule has 20 heavy (non-hydrogen) atoms. The van der Waals surface area contributed by atoms with E-state index in [0.717, 1.165) is 18.9 Å². The summed E-state index contributed by atoms with van der Waals surface area (Å²) in [5, 5.41) is 8.97. The Morgan fingerprint density at radius 2 is 2.15 bits per heavy atom. The predicted molar refractivity (Wildman–Crippen MR) is 66.9 cm³/mol. The number of nitrogens with zero attached hydrogens (tertiary/aromatic N) is 2. The highest BCUT2D eigenvalue weighted by atomic mass is 35.5. The SMILES string of the molecule is O=C(O)[C@@H]1CCCCN1c1ncc(C(F)(F)F)cc1Cl. The topological polar surface area (TPSA) is 53.4 Å². The van der Waals surface area contributed by atoms with Crippen LogP contribution in [0, 0.1) is 0 Å². The van der Waals surface area contributed by atoms with E-state index >= 15 is 0 Å². The first-order valence-electron chi connectivity index (χ1n) is 6.03. The summed E-state index contributed by atoms with van der Waals surface area (Å²) in [6.45, 7) is 0.412. The van der Waals surface area contributed by atoms with E-state index in [1.807, 2.05) is 0 Å². The average Bonchev–Trinajstić information content (AvgIpc) is 2.37. The van der Waals surface area contributed by atoms with Crippen molar-refractivity contribution in [1.82, 2.24) is 4.98 Å². The minimum atomic E-state index is -4.52. The number of hydrogen-bond acceptors (Lipinski definition) is 3. The van der Waals surface area contributed by atoms with E-state index in [1.165, 1.54) is 4.90 Å². The Morgan fingerprint density at radius 1 is 1.45 bits per heavy atom. The molecule has 8 heteroatoms. The standard InChI is InChI=1S/C12H12ClF3N2O2/c13-8-5-7(12(14,15)16)6-17-10(8)18-4-2-1-3-9(18)11(19)20/h5-6,9H,1-4H2,(H,19,20)/t9-/m0/s1. The van der Waals surface area contributed by atoms with Gasteiger partial charge in [-0.3, -0.25) is 0 Å². The fraction of sp³-hybridized carbons (Fsp3) is 0.500. The molecule has 1 N–H and O–H groups in total. The van der Waals surface area contributed by atoms with Crippen molar-refractivity contribution < 1.29 is 23.1 Å². The second-order valence-corrected chi connectivity index (χ2v) is 4.98. The fourth-order valence-corrected chi connectivity index (χ4v) is 2.51. The van der Waals surface area contributed by atoms with Crippen LogP contribution in [0.2, 0.25) is 5.02 Å². The van der Waals surface area contributed by atoms with Crippen molar-refractivity contribution in [2.24, 2.45) is 0 Å². The second kappa shape index (κ2) is 5.47. The van der Waals surface area contributed by atoms with Crippen LogP contribution in [0.1, 0.15) is 24.8 Å². The van der Waals surface area contributed by atoms with E-state index in [9.17, 15) is 18.0 Å². The Hall–Kier alpha value is -1.50. The molecule has 1 fully saturated rings. The molecule has 1 atom stereocenters.